The molecule has 3 aromatic heterocycles. The van der Waals surface area contributed by atoms with E-state index in [1.165, 1.54) is 13.1 Å². The monoisotopic (exact) mass is 560 g/mol. The summed E-state index contributed by atoms with van der Waals surface area (Å²) in [4.78, 5) is 21.4. The highest BCUT2D eigenvalue weighted by Gasteiger charge is 2.45. The Morgan fingerprint density at radius 2 is 1.93 bits per heavy atom. The average Bonchev–Trinajstić information content (AvgIpc) is 3.64. The molecule has 0 aromatic carbocycles. The number of ether oxygens (including phenoxy) is 1. The fraction of sp³-hybridized carbons (Fsp3) is 0.556. The van der Waals surface area contributed by atoms with E-state index in [2.05, 4.69) is 30.2 Å². The fourth-order valence-electron chi connectivity index (χ4n) is 6.55. The highest BCUT2D eigenvalue weighted by Crippen LogP contribution is 2.42. The Labute approximate surface area is 229 Å². The molecule has 3 aromatic rings. The Bertz CT molecular complexity index is 1430. The van der Waals surface area contributed by atoms with Crippen molar-refractivity contribution in [1.82, 2.24) is 30.2 Å². The molecule has 0 saturated carbocycles. The second-order valence-electron chi connectivity index (χ2n) is 11.1. The van der Waals surface area contributed by atoms with Gasteiger partial charge in [-0.25, -0.2) is 9.37 Å². The van der Waals surface area contributed by atoms with Crippen molar-refractivity contribution < 1.29 is 22.3 Å². The molecule has 6 heterocycles. The molecule has 0 spiro atoms. The lowest BCUT2D eigenvalue weighted by atomic mass is 9.95. The van der Waals surface area contributed by atoms with Crippen LogP contribution in [0, 0.1) is 12.7 Å². The lowest BCUT2D eigenvalue weighted by molar-refractivity contribution is -0.137. The van der Waals surface area contributed by atoms with Crippen LogP contribution in [0.25, 0.3) is 22.3 Å². The first kappa shape index (κ1) is 26.9. The van der Waals surface area contributed by atoms with Crippen molar-refractivity contribution in [3.05, 3.63) is 29.2 Å². The predicted octanol–water partition coefficient (Wildman–Crippen LogP) is 3.94. The summed E-state index contributed by atoms with van der Waals surface area (Å²) in [6.45, 7) is 5.20. The Balaban J connectivity index is 1.48. The third-order valence-corrected chi connectivity index (χ3v) is 8.58. The number of alkyl halides is 3. The molecule has 3 aliphatic rings. The quantitative estimate of drug-likeness (QED) is 0.434. The largest absolute Gasteiger partial charge is 0.461 e. The standard InChI is InChI=1S/C27H32F4N8O/c1-15-11-18(32)35-22(19(15)27(29,30)31)23-20(28)21-17(13-34-23)24(38(2)16-5-8-33-12-16)37-25(36-21)40-14-26-6-3-9-39(26)10-4-7-26/h11,13,16,33H,3-10,12,14H2,1-2H3,(H2,32,35)/t16-/m1/s1. The van der Waals surface area contributed by atoms with Crippen LogP contribution >= 0.6 is 0 Å². The molecule has 1 atom stereocenters. The van der Waals surface area contributed by atoms with Gasteiger partial charge in [0, 0.05) is 25.8 Å². The van der Waals surface area contributed by atoms with Gasteiger partial charge in [0.05, 0.1) is 16.5 Å². The number of aromatic nitrogens is 4. The van der Waals surface area contributed by atoms with Crippen LogP contribution < -0.4 is 20.7 Å². The first-order chi connectivity index (χ1) is 19.1. The van der Waals surface area contributed by atoms with Gasteiger partial charge in [0.1, 0.15) is 35.1 Å². The zero-order chi connectivity index (χ0) is 28.2. The molecule has 0 aliphatic carbocycles. The molecule has 13 heteroatoms. The SMILES string of the molecule is Cc1cc(N)nc(-c2ncc3c(N(C)[C@@H]4CCNC4)nc(OCC45CCCN4CCC5)nc3c2F)c1C(F)(F)F. The minimum atomic E-state index is -4.79. The van der Waals surface area contributed by atoms with Crippen LogP contribution in [0.5, 0.6) is 6.01 Å². The van der Waals surface area contributed by atoms with Crippen LogP contribution in [-0.4, -0.2) is 76.3 Å². The molecule has 3 saturated heterocycles. The third-order valence-electron chi connectivity index (χ3n) is 8.58. The lowest BCUT2D eigenvalue weighted by Gasteiger charge is -2.31. The van der Waals surface area contributed by atoms with E-state index in [0.29, 0.717) is 19.0 Å². The van der Waals surface area contributed by atoms with Crippen molar-refractivity contribution in [2.75, 3.05) is 50.5 Å². The third kappa shape index (κ3) is 4.58. The summed E-state index contributed by atoms with van der Waals surface area (Å²) in [6.07, 6.45) is 1.54. The normalized spacial score (nSPS) is 20.8. The summed E-state index contributed by atoms with van der Waals surface area (Å²) in [5, 5.41) is 3.58. The van der Waals surface area contributed by atoms with Gasteiger partial charge in [-0.05, 0) is 70.3 Å². The van der Waals surface area contributed by atoms with Gasteiger partial charge < -0.3 is 20.7 Å². The summed E-state index contributed by atoms with van der Waals surface area (Å²) >= 11 is 0. The van der Waals surface area contributed by atoms with Crippen molar-refractivity contribution in [3.8, 4) is 17.4 Å². The number of halogens is 4. The maximum absolute atomic E-state index is 16.2. The van der Waals surface area contributed by atoms with Crippen molar-refractivity contribution >= 4 is 22.5 Å². The molecular weight excluding hydrogens is 528 g/mol. The maximum atomic E-state index is 16.2. The minimum absolute atomic E-state index is 0.0164. The van der Waals surface area contributed by atoms with E-state index in [4.69, 9.17) is 10.5 Å². The number of likely N-dealkylation sites (N-methyl/N-ethyl adjacent to an activating group) is 1. The average molecular weight is 561 g/mol. The van der Waals surface area contributed by atoms with Gasteiger partial charge >= 0.3 is 12.2 Å². The fourth-order valence-corrected chi connectivity index (χ4v) is 6.55. The molecule has 0 amide bonds. The minimum Gasteiger partial charge on any atom is -0.461 e. The molecule has 40 heavy (non-hydrogen) atoms. The van der Waals surface area contributed by atoms with Crippen molar-refractivity contribution in [2.24, 2.45) is 0 Å². The molecule has 0 unspecified atom stereocenters. The summed E-state index contributed by atoms with van der Waals surface area (Å²) in [5.41, 5.74) is 3.00. The van der Waals surface area contributed by atoms with Crippen LogP contribution in [0.2, 0.25) is 0 Å². The van der Waals surface area contributed by atoms with Crippen molar-refractivity contribution in [2.45, 2.75) is 56.8 Å². The summed E-state index contributed by atoms with van der Waals surface area (Å²) < 4.78 is 64.5. The maximum Gasteiger partial charge on any atom is 0.418 e. The predicted molar refractivity (Wildman–Crippen MR) is 143 cm³/mol. The molecule has 3 N–H and O–H groups in total. The highest BCUT2D eigenvalue weighted by molar-refractivity contribution is 5.92. The van der Waals surface area contributed by atoms with Crippen LogP contribution in [0.15, 0.2) is 12.3 Å². The zero-order valence-corrected chi connectivity index (χ0v) is 22.5. The number of pyridine rings is 2. The number of anilines is 2. The Kier molecular flexibility index (Phi) is 6.68. The van der Waals surface area contributed by atoms with Crippen molar-refractivity contribution in [3.63, 3.8) is 0 Å². The first-order valence-electron chi connectivity index (χ1n) is 13.6. The summed E-state index contributed by atoms with van der Waals surface area (Å²) in [5.74, 6) is -0.792. The number of fused-ring (bicyclic) bond motifs is 2. The Morgan fingerprint density at radius 1 is 1.18 bits per heavy atom. The van der Waals surface area contributed by atoms with E-state index in [-0.39, 0.29) is 39.9 Å². The van der Waals surface area contributed by atoms with E-state index in [1.807, 2.05) is 11.9 Å². The number of hydrogen-bond acceptors (Lipinski definition) is 9. The Morgan fingerprint density at radius 3 is 2.60 bits per heavy atom. The molecule has 3 aliphatic heterocycles. The Hall–Kier alpha value is -3.32. The zero-order valence-electron chi connectivity index (χ0n) is 22.5. The van der Waals surface area contributed by atoms with E-state index in [1.54, 1.807) is 0 Å². The number of nitrogens with one attached hydrogen (secondary N) is 1. The molecule has 6 rings (SSSR count). The van der Waals surface area contributed by atoms with E-state index in [9.17, 15) is 13.2 Å². The summed E-state index contributed by atoms with van der Waals surface area (Å²) in [6, 6.07) is 1.18. The van der Waals surface area contributed by atoms with Crippen molar-refractivity contribution in [1.29, 1.82) is 0 Å². The number of nitrogens with two attached hydrogens (primary N) is 1. The van der Waals surface area contributed by atoms with Gasteiger partial charge in [-0.1, -0.05) is 0 Å². The molecule has 0 radical (unpaired) electrons. The number of nitrogens with zero attached hydrogens (tertiary/aromatic N) is 6. The van der Waals surface area contributed by atoms with E-state index < -0.39 is 28.9 Å². The van der Waals surface area contributed by atoms with E-state index in [0.717, 1.165) is 57.8 Å². The van der Waals surface area contributed by atoms with Crippen LogP contribution in [0.3, 0.4) is 0 Å². The molecule has 9 nitrogen and oxygen atoms in total. The van der Waals surface area contributed by atoms with Crippen LogP contribution in [0.4, 0.5) is 29.2 Å². The number of hydrogen-bond donors (Lipinski definition) is 2. The van der Waals surface area contributed by atoms with Gasteiger partial charge in [0.15, 0.2) is 5.82 Å². The van der Waals surface area contributed by atoms with Gasteiger partial charge in [0.2, 0.25) is 0 Å². The second kappa shape index (κ2) is 9.95. The topological polar surface area (TPSA) is 105 Å². The number of aryl methyl sites for hydroxylation is 1. The molecule has 3 fully saturated rings. The number of rotatable bonds is 6. The second-order valence-corrected chi connectivity index (χ2v) is 11.1. The first-order valence-corrected chi connectivity index (χ1v) is 13.6. The lowest BCUT2D eigenvalue weighted by Crippen LogP contribution is -2.43. The number of nitrogen functional groups attached to an aromatic ring is 1. The smallest absolute Gasteiger partial charge is 0.418 e. The summed E-state index contributed by atoms with van der Waals surface area (Å²) in [7, 11) is 1.86. The van der Waals surface area contributed by atoms with Gasteiger partial charge in [0.25, 0.3) is 0 Å². The highest BCUT2D eigenvalue weighted by atomic mass is 19.4. The van der Waals surface area contributed by atoms with Gasteiger partial charge in [-0.2, -0.15) is 23.1 Å². The van der Waals surface area contributed by atoms with E-state index >= 15 is 4.39 Å². The van der Waals surface area contributed by atoms with Gasteiger partial charge in [-0.3, -0.25) is 9.88 Å². The van der Waals surface area contributed by atoms with Crippen LogP contribution in [-0.2, 0) is 6.18 Å². The van der Waals surface area contributed by atoms with Crippen LogP contribution in [0.1, 0.15) is 43.2 Å². The molecule has 0 bridgehead atoms. The molecule has 214 valence electrons. The molecular formula is C27H32F4N8O. The van der Waals surface area contributed by atoms with Gasteiger partial charge in [-0.15, -0.1) is 0 Å².